The predicted molar refractivity (Wildman–Crippen MR) is 112 cm³/mol. The summed E-state index contributed by atoms with van der Waals surface area (Å²) in [5.74, 6) is 1.23. The summed E-state index contributed by atoms with van der Waals surface area (Å²) in [6.45, 7) is 5.04. The van der Waals surface area contributed by atoms with E-state index in [9.17, 15) is 9.90 Å². The standard InChI is InChI=1S/C23H28N2O4/c1-3-7-22-24-20-8-5-6-9-21(20)25(22)15-18(26)16-29-19-12-10-17(11-13-19)23(27)28-14-4-2/h5-6,8-13,18,26H,3-4,7,14-16H2,1-2H3. The van der Waals surface area contributed by atoms with Crippen LogP contribution in [-0.4, -0.2) is 39.9 Å². The molecule has 0 aliphatic rings. The molecule has 6 nitrogen and oxygen atoms in total. The van der Waals surface area contributed by atoms with Crippen LogP contribution in [0.5, 0.6) is 5.75 Å². The van der Waals surface area contributed by atoms with Crippen LogP contribution in [0.15, 0.2) is 48.5 Å². The summed E-state index contributed by atoms with van der Waals surface area (Å²) in [4.78, 5) is 16.5. The van der Waals surface area contributed by atoms with Crippen LogP contribution in [0.25, 0.3) is 11.0 Å². The Balaban J connectivity index is 1.60. The average Bonchev–Trinajstić information content (AvgIpc) is 3.08. The molecule has 0 saturated heterocycles. The molecule has 3 rings (SSSR count). The summed E-state index contributed by atoms with van der Waals surface area (Å²) in [5.41, 5.74) is 2.44. The maximum atomic E-state index is 11.8. The molecule has 1 atom stereocenters. The van der Waals surface area contributed by atoms with Gasteiger partial charge in [0.05, 0.1) is 29.7 Å². The Labute approximate surface area is 171 Å². The number of imidazole rings is 1. The van der Waals surface area contributed by atoms with Gasteiger partial charge in [0.2, 0.25) is 0 Å². The van der Waals surface area contributed by atoms with Gasteiger partial charge in [0.15, 0.2) is 0 Å². The maximum Gasteiger partial charge on any atom is 0.338 e. The SMILES string of the molecule is CCCOC(=O)c1ccc(OCC(O)Cn2c(CCC)nc3ccccc32)cc1. The van der Waals surface area contributed by atoms with Crippen molar-refractivity contribution in [1.82, 2.24) is 9.55 Å². The molecule has 6 heteroatoms. The first kappa shape index (κ1) is 20.9. The number of benzene rings is 2. The Kier molecular flexibility index (Phi) is 7.25. The van der Waals surface area contributed by atoms with Gasteiger partial charge in [-0.1, -0.05) is 26.0 Å². The molecule has 0 bridgehead atoms. The molecule has 29 heavy (non-hydrogen) atoms. The van der Waals surface area contributed by atoms with Crippen LogP contribution in [0.4, 0.5) is 0 Å². The molecule has 1 unspecified atom stereocenters. The number of carbonyl (C=O) groups is 1. The van der Waals surface area contributed by atoms with Gasteiger partial charge in [0.25, 0.3) is 0 Å². The molecule has 2 aromatic carbocycles. The molecule has 0 radical (unpaired) electrons. The molecule has 0 aliphatic heterocycles. The number of nitrogens with zero attached hydrogens (tertiary/aromatic N) is 2. The molecular weight excluding hydrogens is 368 g/mol. The normalized spacial score (nSPS) is 12.1. The third-order valence-electron chi connectivity index (χ3n) is 4.57. The number of aliphatic hydroxyl groups excluding tert-OH is 1. The van der Waals surface area contributed by atoms with E-state index >= 15 is 0 Å². The predicted octanol–water partition coefficient (Wildman–Crippen LogP) is 4.00. The molecule has 0 amide bonds. The fraction of sp³-hybridized carbons (Fsp3) is 0.391. The summed E-state index contributed by atoms with van der Waals surface area (Å²) in [6.07, 6.45) is 1.95. The average molecular weight is 396 g/mol. The van der Waals surface area contributed by atoms with Gasteiger partial charge in [-0.05, 0) is 49.2 Å². The minimum Gasteiger partial charge on any atom is -0.491 e. The van der Waals surface area contributed by atoms with Gasteiger partial charge < -0.3 is 19.1 Å². The number of esters is 1. The highest BCUT2D eigenvalue weighted by Crippen LogP contribution is 2.18. The van der Waals surface area contributed by atoms with Gasteiger partial charge in [-0.3, -0.25) is 0 Å². The maximum absolute atomic E-state index is 11.8. The lowest BCUT2D eigenvalue weighted by atomic mass is 10.2. The lowest BCUT2D eigenvalue weighted by molar-refractivity contribution is 0.0505. The van der Waals surface area contributed by atoms with Crippen molar-refractivity contribution in [3.8, 4) is 5.75 Å². The van der Waals surface area contributed by atoms with E-state index in [1.807, 2.05) is 31.2 Å². The van der Waals surface area contributed by atoms with E-state index in [4.69, 9.17) is 9.47 Å². The number of hydrogen-bond donors (Lipinski definition) is 1. The third-order valence-corrected chi connectivity index (χ3v) is 4.57. The van der Waals surface area contributed by atoms with Gasteiger partial charge in [-0.15, -0.1) is 0 Å². The van der Waals surface area contributed by atoms with Crippen LogP contribution >= 0.6 is 0 Å². The van der Waals surface area contributed by atoms with Gasteiger partial charge in [0.1, 0.15) is 24.3 Å². The zero-order valence-electron chi connectivity index (χ0n) is 17.0. The Morgan fingerprint density at radius 1 is 1.10 bits per heavy atom. The summed E-state index contributed by atoms with van der Waals surface area (Å²) >= 11 is 0. The highest BCUT2D eigenvalue weighted by Gasteiger charge is 2.14. The van der Waals surface area contributed by atoms with E-state index < -0.39 is 6.10 Å². The van der Waals surface area contributed by atoms with Crippen molar-refractivity contribution in [2.24, 2.45) is 0 Å². The number of aromatic nitrogens is 2. The van der Waals surface area contributed by atoms with Crippen LogP contribution in [0.1, 0.15) is 42.9 Å². The zero-order chi connectivity index (χ0) is 20.6. The molecule has 1 aromatic heterocycles. The number of carbonyl (C=O) groups excluding carboxylic acids is 1. The van der Waals surface area contributed by atoms with Crippen molar-refractivity contribution >= 4 is 17.0 Å². The largest absolute Gasteiger partial charge is 0.491 e. The summed E-state index contributed by atoms with van der Waals surface area (Å²) in [7, 11) is 0. The molecule has 1 heterocycles. The second kappa shape index (κ2) is 10.1. The van der Waals surface area contributed by atoms with E-state index in [0.717, 1.165) is 36.1 Å². The monoisotopic (exact) mass is 396 g/mol. The van der Waals surface area contributed by atoms with Gasteiger partial charge >= 0.3 is 5.97 Å². The van der Waals surface area contributed by atoms with Crippen molar-refractivity contribution in [3.05, 3.63) is 59.9 Å². The Hall–Kier alpha value is -2.86. The van der Waals surface area contributed by atoms with Crippen molar-refractivity contribution in [3.63, 3.8) is 0 Å². The second-order valence-corrected chi connectivity index (χ2v) is 7.00. The van der Waals surface area contributed by atoms with Crippen LogP contribution in [-0.2, 0) is 17.7 Å². The minimum absolute atomic E-state index is 0.150. The lowest BCUT2D eigenvalue weighted by Gasteiger charge is -2.16. The van der Waals surface area contributed by atoms with E-state index in [1.165, 1.54) is 0 Å². The molecule has 154 valence electrons. The van der Waals surface area contributed by atoms with E-state index in [-0.39, 0.29) is 12.6 Å². The van der Waals surface area contributed by atoms with Crippen molar-refractivity contribution in [1.29, 1.82) is 0 Å². The first-order valence-corrected chi connectivity index (χ1v) is 10.1. The smallest absolute Gasteiger partial charge is 0.338 e. The molecule has 0 saturated carbocycles. The molecule has 3 aromatic rings. The zero-order valence-corrected chi connectivity index (χ0v) is 17.0. The molecule has 1 N–H and O–H groups in total. The Morgan fingerprint density at radius 2 is 1.86 bits per heavy atom. The highest BCUT2D eigenvalue weighted by molar-refractivity contribution is 5.89. The molecule has 0 fully saturated rings. The number of fused-ring (bicyclic) bond motifs is 1. The van der Waals surface area contributed by atoms with Gasteiger partial charge in [-0.2, -0.15) is 0 Å². The van der Waals surface area contributed by atoms with Gasteiger partial charge in [-0.25, -0.2) is 9.78 Å². The number of rotatable bonds is 10. The van der Waals surface area contributed by atoms with E-state index in [0.29, 0.717) is 24.5 Å². The lowest BCUT2D eigenvalue weighted by Crippen LogP contribution is -2.24. The molecular formula is C23H28N2O4. The quantitative estimate of drug-likeness (QED) is 0.525. The number of ether oxygens (including phenoxy) is 2. The van der Waals surface area contributed by atoms with Crippen molar-refractivity contribution < 1.29 is 19.4 Å². The number of para-hydroxylation sites is 2. The fourth-order valence-corrected chi connectivity index (χ4v) is 3.16. The number of hydrogen-bond acceptors (Lipinski definition) is 5. The summed E-state index contributed by atoms with van der Waals surface area (Å²) < 4.78 is 12.9. The van der Waals surface area contributed by atoms with Crippen LogP contribution < -0.4 is 4.74 Å². The van der Waals surface area contributed by atoms with Crippen molar-refractivity contribution in [2.45, 2.75) is 45.8 Å². The van der Waals surface area contributed by atoms with Crippen LogP contribution in [0.3, 0.4) is 0 Å². The fourth-order valence-electron chi connectivity index (χ4n) is 3.16. The van der Waals surface area contributed by atoms with Crippen LogP contribution in [0.2, 0.25) is 0 Å². The first-order chi connectivity index (χ1) is 14.1. The topological polar surface area (TPSA) is 73.6 Å². The Bertz CT molecular complexity index is 934. The van der Waals surface area contributed by atoms with Crippen LogP contribution in [0, 0.1) is 0 Å². The third kappa shape index (κ3) is 5.35. The second-order valence-electron chi connectivity index (χ2n) is 7.00. The van der Waals surface area contributed by atoms with E-state index in [1.54, 1.807) is 24.3 Å². The number of aliphatic hydroxyl groups is 1. The van der Waals surface area contributed by atoms with E-state index in [2.05, 4.69) is 16.5 Å². The molecule has 0 spiro atoms. The summed E-state index contributed by atoms with van der Waals surface area (Å²) in [5, 5.41) is 10.5. The number of aryl methyl sites for hydroxylation is 1. The Morgan fingerprint density at radius 3 is 2.59 bits per heavy atom. The summed E-state index contributed by atoms with van der Waals surface area (Å²) in [6, 6.07) is 14.7. The molecule has 0 aliphatic carbocycles. The minimum atomic E-state index is -0.683. The highest BCUT2D eigenvalue weighted by atomic mass is 16.5. The van der Waals surface area contributed by atoms with Crippen molar-refractivity contribution in [2.75, 3.05) is 13.2 Å². The van der Waals surface area contributed by atoms with Gasteiger partial charge in [0, 0.05) is 6.42 Å². The first-order valence-electron chi connectivity index (χ1n) is 10.1.